The van der Waals surface area contributed by atoms with Crippen LogP contribution in [0.4, 0.5) is 5.69 Å². The van der Waals surface area contributed by atoms with E-state index in [9.17, 15) is 0 Å². The molecule has 2 N–H and O–H groups in total. The summed E-state index contributed by atoms with van der Waals surface area (Å²) >= 11 is 2.12. The Morgan fingerprint density at radius 2 is 2.28 bits per heavy atom. The Hall–Kier alpha value is -0.670. The molecule has 1 aromatic carbocycles. The van der Waals surface area contributed by atoms with Crippen LogP contribution in [-0.4, -0.2) is 30.6 Å². The van der Waals surface area contributed by atoms with Crippen LogP contribution in [0.2, 0.25) is 0 Å². The van der Waals surface area contributed by atoms with Crippen LogP contribution in [0.15, 0.2) is 18.2 Å². The molecule has 0 bridgehead atoms. The maximum Gasteiger partial charge on any atom is 0.0396 e. The number of hydrogen-bond donors (Lipinski definition) is 1. The van der Waals surface area contributed by atoms with Gasteiger partial charge < -0.3 is 10.6 Å². The zero-order chi connectivity index (χ0) is 13.0. The van der Waals surface area contributed by atoms with Gasteiger partial charge in [-0.25, -0.2) is 0 Å². The normalized spacial score (nSPS) is 20.2. The highest BCUT2D eigenvalue weighted by atomic mass is 32.2. The van der Waals surface area contributed by atoms with Gasteiger partial charge in [0.1, 0.15) is 0 Å². The van der Waals surface area contributed by atoms with Crippen LogP contribution in [0.5, 0.6) is 0 Å². The van der Waals surface area contributed by atoms with E-state index in [0.29, 0.717) is 0 Å². The van der Waals surface area contributed by atoms with Crippen molar-refractivity contribution in [1.29, 1.82) is 0 Å². The molecule has 1 aliphatic heterocycles. The highest BCUT2D eigenvalue weighted by Gasteiger charge is 2.20. The second-order valence-corrected chi connectivity index (χ2v) is 6.41. The summed E-state index contributed by atoms with van der Waals surface area (Å²) in [6.45, 7) is 7.62. The quantitative estimate of drug-likeness (QED) is 0.907. The maximum absolute atomic E-state index is 5.61. The van der Waals surface area contributed by atoms with Crippen LogP contribution >= 0.6 is 11.8 Å². The Bertz CT molecular complexity index is 392. The van der Waals surface area contributed by atoms with Gasteiger partial charge in [-0.3, -0.25) is 0 Å². The van der Waals surface area contributed by atoms with E-state index in [1.807, 2.05) is 0 Å². The van der Waals surface area contributed by atoms with Crippen LogP contribution in [-0.2, 0) is 6.42 Å². The van der Waals surface area contributed by atoms with Crippen molar-refractivity contribution < 1.29 is 0 Å². The molecule has 1 heterocycles. The fourth-order valence-electron chi connectivity index (χ4n) is 2.58. The third-order valence-corrected chi connectivity index (χ3v) is 5.00. The molecule has 1 saturated heterocycles. The lowest BCUT2D eigenvalue weighted by molar-refractivity contribution is 0.726. The fraction of sp³-hybridized carbons (Fsp3) is 0.600. The third-order valence-electron chi connectivity index (χ3n) is 3.63. The topological polar surface area (TPSA) is 29.3 Å². The van der Waals surface area contributed by atoms with Crippen LogP contribution in [0, 0.1) is 6.92 Å². The lowest BCUT2D eigenvalue weighted by atomic mass is 10.1. The van der Waals surface area contributed by atoms with Crippen molar-refractivity contribution in [3.8, 4) is 0 Å². The van der Waals surface area contributed by atoms with Crippen LogP contribution in [0.1, 0.15) is 24.5 Å². The molecule has 100 valence electrons. The van der Waals surface area contributed by atoms with Gasteiger partial charge in [0.2, 0.25) is 0 Å². The lowest BCUT2D eigenvalue weighted by Gasteiger charge is -2.34. The number of nitrogens with two attached hydrogens (primary N) is 1. The Balaban J connectivity index is 2.12. The van der Waals surface area contributed by atoms with Crippen LogP contribution in [0.25, 0.3) is 0 Å². The highest BCUT2D eigenvalue weighted by Crippen LogP contribution is 2.28. The van der Waals surface area contributed by atoms with E-state index >= 15 is 0 Å². The molecule has 2 nitrogen and oxygen atoms in total. The molecule has 1 aromatic rings. The Kier molecular flexibility index (Phi) is 4.95. The molecule has 1 unspecified atom stereocenters. The van der Waals surface area contributed by atoms with Gasteiger partial charge in [-0.05, 0) is 43.5 Å². The monoisotopic (exact) mass is 264 g/mol. The predicted octanol–water partition coefficient (Wildman–Crippen LogP) is 2.83. The van der Waals surface area contributed by atoms with Crippen LogP contribution in [0.3, 0.4) is 0 Å². The van der Waals surface area contributed by atoms with Crippen molar-refractivity contribution in [1.82, 2.24) is 0 Å². The van der Waals surface area contributed by atoms with Gasteiger partial charge in [0.15, 0.2) is 0 Å². The number of aryl methyl sites for hydroxylation is 1. The van der Waals surface area contributed by atoms with Crippen molar-refractivity contribution in [2.24, 2.45) is 5.73 Å². The molecule has 1 fully saturated rings. The average molecular weight is 264 g/mol. The number of anilines is 1. The van der Waals surface area contributed by atoms with Crippen molar-refractivity contribution in [3.63, 3.8) is 0 Å². The summed E-state index contributed by atoms with van der Waals surface area (Å²) < 4.78 is 0. The summed E-state index contributed by atoms with van der Waals surface area (Å²) in [5.41, 5.74) is 9.78. The van der Waals surface area contributed by atoms with Crippen molar-refractivity contribution in [2.75, 3.05) is 30.3 Å². The summed E-state index contributed by atoms with van der Waals surface area (Å²) in [6, 6.07) is 6.81. The number of rotatable bonds is 4. The van der Waals surface area contributed by atoms with Gasteiger partial charge in [0, 0.05) is 29.8 Å². The molecule has 0 aliphatic carbocycles. The molecule has 0 spiro atoms. The zero-order valence-corrected chi connectivity index (χ0v) is 12.3. The minimum Gasteiger partial charge on any atom is -0.369 e. The molecular weight excluding hydrogens is 240 g/mol. The summed E-state index contributed by atoms with van der Waals surface area (Å²) in [6.07, 6.45) is 2.25. The first-order chi connectivity index (χ1) is 8.74. The Labute approximate surface area is 115 Å². The molecule has 1 atom stereocenters. The molecule has 0 radical (unpaired) electrons. The van der Waals surface area contributed by atoms with E-state index < -0.39 is 0 Å². The minimum absolute atomic E-state index is 0.733. The zero-order valence-electron chi connectivity index (χ0n) is 11.5. The number of thioether (sulfide) groups is 1. The number of nitrogens with zero attached hydrogens (tertiary/aromatic N) is 1. The molecule has 3 heteroatoms. The van der Waals surface area contributed by atoms with E-state index in [1.54, 1.807) is 0 Å². The van der Waals surface area contributed by atoms with Gasteiger partial charge in [-0.15, -0.1) is 0 Å². The molecular formula is C15H24N2S. The molecule has 2 rings (SSSR count). The highest BCUT2D eigenvalue weighted by molar-refractivity contribution is 8.00. The smallest absolute Gasteiger partial charge is 0.0396 e. The van der Waals surface area contributed by atoms with E-state index in [0.717, 1.165) is 18.2 Å². The Morgan fingerprint density at radius 3 is 2.94 bits per heavy atom. The SMILES string of the molecule is CCC1CN(c2ccc(CCN)cc2C)CCS1. The van der Waals surface area contributed by atoms with Gasteiger partial charge in [0.25, 0.3) is 0 Å². The number of hydrogen-bond acceptors (Lipinski definition) is 3. The third kappa shape index (κ3) is 3.21. The molecule has 0 aromatic heterocycles. The first-order valence-electron chi connectivity index (χ1n) is 6.90. The maximum atomic E-state index is 5.61. The van der Waals surface area contributed by atoms with E-state index in [4.69, 9.17) is 5.73 Å². The standard InChI is InChI=1S/C15H24N2S/c1-3-14-11-17(8-9-18-14)15-5-4-13(6-7-16)10-12(15)2/h4-5,10,14H,3,6-9,11,16H2,1-2H3. The van der Waals surface area contributed by atoms with Gasteiger partial charge in [-0.1, -0.05) is 19.1 Å². The van der Waals surface area contributed by atoms with E-state index in [-0.39, 0.29) is 0 Å². The minimum atomic E-state index is 0.733. The average Bonchev–Trinajstić information content (AvgIpc) is 2.39. The second kappa shape index (κ2) is 6.48. The predicted molar refractivity (Wildman–Crippen MR) is 82.7 cm³/mol. The van der Waals surface area contributed by atoms with Crippen molar-refractivity contribution in [2.45, 2.75) is 31.9 Å². The van der Waals surface area contributed by atoms with Gasteiger partial charge in [-0.2, -0.15) is 11.8 Å². The van der Waals surface area contributed by atoms with Gasteiger partial charge >= 0.3 is 0 Å². The van der Waals surface area contributed by atoms with Crippen molar-refractivity contribution in [3.05, 3.63) is 29.3 Å². The Morgan fingerprint density at radius 1 is 1.44 bits per heavy atom. The summed E-state index contributed by atoms with van der Waals surface area (Å²) in [5.74, 6) is 1.25. The first kappa shape index (κ1) is 13.8. The molecule has 18 heavy (non-hydrogen) atoms. The second-order valence-electron chi connectivity index (χ2n) is 5.01. The fourth-order valence-corrected chi connectivity index (χ4v) is 3.76. The summed E-state index contributed by atoms with van der Waals surface area (Å²) in [7, 11) is 0. The summed E-state index contributed by atoms with van der Waals surface area (Å²) in [5, 5.41) is 0.793. The lowest BCUT2D eigenvalue weighted by Crippen LogP contribution is -2.38. The van der Waals surface area contributed by atoms with Crippen molar-refractivity contribution >= 4 is 17.4 Å². The molecule has 0 amide bonds. The van der Waals surface area contributed by atoms with Crippen LogP contribution < -0.4 is 10.6 Å². The largest absolute Gasteiger partial charge is 0.369 e. The van der Waals surface area contributed by atoms with E-state index in [1.165, 1.54) is 42.1 Å². The van der Waals surface area contributed by atoms with E-state index in [2.05, 4.69) is 48.7 Å². The number of benzene rings is 1. The molecule has 1 aliphatic rings. The molecule has 0 saturated carbocycles. The first-order valence-corrected chi connectivity index (χ1v) is 7.95. The summed E-state index contributed by atoms with van der Waals surface area (Å²) in [4.78, 5) is 2.55. The van der Waals surface area contributed by atoms with Gasteiger partial charge in [0.05, 0.1) is 0 Å².